The van der Waals surface area contributed by atoms with Crippen LogP contribution in [0.2, 0.25) is 0 Å². The van der Waals surface area contributed by atoms with Gasteiger partial charge in [0.25, 0.3) is 5.91 Å². The Labute approximate surface area is 220 Å². The lowest BCUT2D eigenvalue weighted by Gasteiger charge is -2.09. The summed E-state index contributed by atoms with van der Waals surface area (Å²) in [5.41, 5.74) is 2.22. The maximum absolute atomic E-state index is 12.2. The summed E-state index contributed by atoms with van der Waals surface area (Å²) in [5, 5.41) is 5.45. The Morgan fingerprint density at radius 2 is 1.37 bits per heavy atom. The highest BCUT2D eigenvalue weighted by atomic mass is 79.9. The minimum absolute atomic E-state index is 0.0397. The predicted octanol–water partition coefficient (Wildman–Crippen LogP) is 6.60. The van der Waals surface area contributed by atoms with Crippen LogP contribution in [0.4, 0.5) is 11.4 Å². The van der Waals surface area contributed by atoms with E-state index in [0.717, 1.165) is 14.5 Å². The molecule has 0 aliphatic heterocycles. The maximum atomic E-state index is 12.2. The summed E-state index contributed by atoms with van der Waals surface area (Å²) in [6, 6.07) is 19.9. The molecule has 0 unspecified atom stereocenters. The fourth-order valence-electron chi connectivity index (χ4n) is 3.00. The summed E-state index contributed by atoms with van der Waals surface area (Å²) in [6.07, 6.45) is 0.498. The van der Waals surface area contributed by atoms with Crippen LogP contribution in [0.3, 0.4) is 0 Å². The van der Waals surface area contributed by atoms with Crippen molar-refractivity contribution in [2.24, 2.45) is 0 Å². The second-order valence-corrected chi connectivity index (χ2v) is 9.42. The van der Waals surface area contributed by atoms with Gasteiger partial charge in [-0.05, 0) is 85.6 Å². The van der Waals surface area contributed by atoms with Gasteiger partial charge in [0.1, 0.15) is 11.5 Å². The Hall–Kier alpha value is -3.17. The maximum Gasteiger partial charge on any atom is 0.306 e. The Bertz CT molecular complexity index is 1180. The highest BCUT2D eigenvalue weighted by Crippen LogP contribution is 2.24. The molecular weight excluding hydrogens is 580 g/mol. The normalized spacial score (nSPS) is 10.4. The van der Waals surface area contributed by atoms with Crippen molar-refractivity contribution >= 4 is 61.0 Å². The lowest BCUT2D eigenvalue weighted by Crippen LogP contribution is -2.21. The van der Waals surface area contributed by atoms with Crippen molar-refractivity contribution in [3.63, 3.8) is 0 Å². The Morgan fingerprint density at radius 3 is 2.03 bits per heavy atom. The number of anilines is 2. The van der Waals surface area contributed by atoms with Crippen molar-refractivity contribution in [1.29, 1.82) is 0 Å². The van der Waals surface area contributed by atoms with Crippen LogP contribution in [0.5, 0.6) is 11.5 Å². The fraction of sp³-hybridized carbons (Fsp3) is 0.192. The van der Waals surface area contributed by atoms with Crippen molar-refractivity contribution < 1.29 is 23.9 Å². The number of carbonyl (C=O) groups is 3. The van der Waals surface area contributed by atoms with Gasteiger partial charge in [0.2, 0.25) is 5.91 Å². The lowest BCUT2D eigenvalue weighted by molar-refractivity contribution is -0.147. The number of rotatable bonds is 10. The van der Waals surface area contributed by atoms with Crippen LogP contribution in [0, 0.1) is 6.92 Å². The van der Waals surface area contributed by atoms with E-state index in [0.29, 0.717) is 29.3 Å². The minimum atomic E-state index is -0.533. The van der Waals surface area contributed by atoms with Crippen LogP contribution >= 0.6 is 31.9 Å². The summed E-state index contributed by atoms with van der Waals surface area (Å²) in [5.74, 6) is 0.174. The molecule has 0 heterocycles. The number of aryl methyl sites for hydroxylation is 1. The van der Waals surface area contributed by atoms with E-state index in [1.807, 2.05) is 43.3 Å². The predicted molar refractivity (Wildman–Crippen MR) is 142 cm³/mol. The number of hydrogen-bond donors (Lipinski definition) is 2. The quantitative estimate of drug-likeness (QED) is 0.255. The Balaban J connectivity index is 1.32. The fourth-order valence-corrected chi connectivity index (χ4v) is 3.51. The molecule has 0 radical (unpaired) electrons. The molecule has 3 aromatic rings. The van der Waals surface area contributed by atoms with Crippen LogP contribution in [0.1, 0.15) is 24.8 Å². The lowest BCUT2D eigenvalue weighted by atomic mass is 10.2. The molecule has 0 atom stereocenters. The van der Waals surface area contributed by atoms with E-state index in [9.17, 15) is 14.4 Å². The number of ether oxygens (including phenoxy) is 2. The monoisotopic (exact) mass is 602 g/mol. The molecule has 2 N–H and O–H groups in total. The van der Waals surface area contributed by atoms with Gasteiger partial charge in [-0.15, -0.1) is 0 Å². The van der Waals surface area contributed by atoms with E-state index in [1.165, 1.54) is 0 Å². The summed E-state index contributed by atoms with van der Waals surface area (Å²) < 4.78 is 12.6. The van der Waals surface area contributed by atoms with Crippen LogP contribution in [0.15, 0.2) is 75.7 Å². The average Bonchev–Trinajstić information content (AvgIpc) is 2.83. The van der Waals surface area contributed by atoms with Crippen molar-refractivity contribution in [1.82, 2.24) is 0 Å². The molecule has 0 saturated carbocycles. The van der Waals surface area contributed by atoms with Crippen molar-refractivity contribution in [3.05, 3.63) is 81.2 Å². The van der Waals surface area contributed by atoms with Gasteiger partial charge in [-0.25, -0.2) is 0 Å². The van der Waals surface area contributed by atoms with Gasteiger partial charge in [-0.2, -0.15) is 0 Å². The second-order valence-electron chi connectivity index (χ2n) is 7.65. The van der Waals surface area contributed by atoms with E-state index < -0.39 is 11.9 Å². The first-order chi connectivity index (χ1) is 16.8. The molecule has 0 spiro atoms. The van der Waals surface area contributed by atoms with Crippen molar-refractivity contribution in [2.75, 3.05) is 17.2 Å². The topological polar surface area (TPSA) is 93.7 Å². The van der Waals surface area contributed by atoms with Gasteiger partial charge >= 0.3 is 5.97 Å². The molecule has 0 bridgehead atoms. The number of amides is 2. The van der Waals surface area contributed by atoms with Gasteiger partial charge in [-0.1, -0.05) is 31.9 Å². The van der Waals surface area contributed by atoms with E-state index in [4.69, 9.17) is 9.47 Å². The molecule has 3 aromatic carbocycles. The number of halogens is 2. The molecule has 182 valence electrons. The molecule has 0 aromatic heterocycles. The van der Waals surface area contributed by atoms with Gasteiger partial charge in [-0.3, -0.25) is 14.4 Å². The third kappa shape index (κ3) is 9.18. The first kappa shape index (κ1) is 26.4. The molecule has 7 nitrogen and oxygen atoms in total. The highest BCUT2D eigenvalue weighted by molar-refractivity contribution is 9.10. The molecule has 0 fully saturated rings. The molecule has 3 rings (SSSR count). The summed E-state index contributed by atoms with van der Waals surface area (Å²) >= 11 is 6.78. The van der Waals surface area contributed by atoms with E-state index >= 15 is 0 Å². The summed E-state index contributed by atoms with van der Waals surface area (Å²) in [7, 11) is 0. The van der Waals surface area contributed by atoms with Gasteiger partial charge in [0, 0.05) is 33.2 Å². The summed E-state index contributed by atoms with van der Waals surface area (Å²) in [6.45, 7) is 1.53. The highest BCUT2D eigenvalue weighted by Gasteiger charge is 2.10. The number of esters is 1. The first-order valence-electron chi connectivity index (χ1n) is 10.8. The number of nitrogens with one attached hydrogen (secondary N) is 2. The van der Waals surface area contributed by atoms with Crippen LogP contribution in [0.25, 0.3) is 0 Å². The third-order valence-electron chi connectivity index (χ3n) is 4.78. The standard InChI is InChI=1S/C26H24Br2N2O5/c1-17-15-20(9-14-23(17)28)30-25(32)16-34-26(33)4-2-3-24(31)29-19-7-12-22(13-8-19)35-21-10-5-18(27)6-11-21/h5-15H,2-4,16H2,1H3,(H,29,31)(H,30,32). The number of benzene rings is 3. The first-order valence-corrected chi connectivity index (χ1v) is 12.4. The van der Waals surface area contributed by atoms with E-state index in [-0.39, 0.29) is 25.4 Å². The second kappa shape index (κ2) is 13.1. The average molecular weight is 604 g/mol. The van der Waals surface area contributed by atoms with Crippen molar-refractivity contribution in [3.8, 4) is 11.5 Å². The van der Waals surface area contributed by atoms with Crippen molar-refractivity contribution in [2.45, 2.75) is 26.2 Å². The molecule has 0 aliphatic carbocycles. The Kier molecular flexibility index (Phi) is 9.86. The number of carbonyl (C=O) groups excluding carboxylic acids is 3. The van der Waals surface area contributed by atoms with Gasteiger partial charge in [0.05, 0.1) is 0 Å². The van der Waals surface area contributed by atoms with Crippen LogP contribution in [-0.2, 0) is 19.1 Å². The molecule has 9 heteroatoms. The molecule has 35 heavy (non-hydrogen) atoms. The summed E-state index contributed by atoms with van der Waals surface area (Å²) in [4.78, 5) is 36.0. The van der Waals surface area contributed by atoms with Crippen LogP contribution in [-0.4, -0.2) is 24.4 Å². The van der Waals surface area contributed by atoms with Crippen LogP contribution < -0.4 is 15.4 Å². The molecule has 0 saturated heterocycles. The van der Waals surface area contributed by atoms with Gasteiger partial charge < -0.3 is 20.1 Å². The largest absolute Gasteiger partial charge is 0.457 e. The SMILES string of the molecule is Cc1cc(NC(=O)COC(=O)CCCC(=O)Nc2ccc(Oc3ccc(Br)cc3)cc2)ccc1Br. The minimum Gasteiger partial charge on any atom is -0.457 e. The number of hydrogen-bond acceptors (Lipinski definition) is 5. The molecule has 2 amide bonds. The molecule has 0 aliphatic rings. The van der Waals surface area contributed by atoms with Gasteiger partial charge in [0.15, 0.2) is 6.61 Å². The zero-order valence-corrected chi connectivity index (χ0v) is 22.1. The Morgan fingerprint density at radius 1 is 0.771 bits per heavy atom. The zero-order valence-electron chi connectivity index (χ0n) is 19.0. The zero-order chi connectivity index (χ0) is 25.2. The smallest absolute Gasteiger partial charge is 0.306 e. The van der Waals surface area contributed by atoms with E-state index in [2.05, 4.69) is 42.5 Å². The third-order valence-corrected chi connectivity index (χ3v) is 6.20. The van der Waals surface area contributed by atoms with E-state index in [1.54, 1.807) is 30.3 Å². The molecular formula is C26H24Br2N2O5.